The van der Waals surface area contributed by atoms with Gasteiger partial charge in [-0.25, -0.2) is 4.98 Å². The first-order valence-electron chi connectivity index (χ1n) is 7.29. The Hall–Kier alpha value is -2.60. The molecule has 0 aliphatic heterocycles. The van der Waals surface area contributed by atoms with Crippen LogP contribution in [-0.2, 0) is 12.2 Å². The standard InChI is InChI=1S/C17H14N4OS/c1-2-6-13(7-3-1)10-15-19-16(22-20-15)12-23-17-18-11-14-8-4-5-9-21(14)17/h1-9,11H,10,12H2. The molecule has 0 N–H and O–H groups in total. The van der Waals surface area contributed by atoms with Crippen molar-refractivity contribution in [1.82, 2.24) is 19.5 Å². The third-order valence-corrected chi connectivity index (χ3v) is 4.40. The van der Waals surface area contributed by atoms with Crippen LogP contribution in [0.3, 0.4) is 0 Å². The molecule has 0 aliphatic carbocycles. The summed E-state index contributed by atoms with van der Waals surface area (Å²) in [4.78, 5) is 8.87. The van der Waals surface area contributed by atoms with Crippen LogP contribution < -0.4 is 0 Å². The molecule has 0 unspecified atom stereocenters. The van der Waals surface area contributed by atoms with Crippen molar-refractivity contribution in [3.63, 3.8) is 0 Å². The highest BCUT2D eigenvalue weighted by Crippen LogP contribution is 2.22. The number of fused-ring (bicyclic) bond motifs is 1. The number of hydrogen-bond donors (Lipinski definition) is 0. The van der Waals surface area contributed by atoms with Crippen molar-refractivity contribution in [3.8, 4) is 0 Å². The molecule has 23 heavy (non-hydrogen) atoms. The van der Waals surface area contributed by atoms with Crippen LogP contribution in [0, 0.1) is 0 Å². The Balaban J connectivity index is 1.44. The second-order valence-electron chi connectivity index (χ2n) is 5.09. The van der Waals surface area contributed by atoms with Crippen molar-refractivity contribution in [2.75, 3.05) is 0 Å². The fraction of sp³-hybridized carbons (Fsp3) is 0.118. The molecule has 114 valence electrons. The molecule has 5 nitrogen and oxygen atoms in total. The Morgan fingerprint density at radius 2 is 1.91 bits per heavy atom. The molecule has 0 spiro atoms. The van der Waals surface area contributed by atoms with Gasteiger partial charge in [-0.3, -0.25) is 4.40 Å². The number of pyridine rings is 1. The van der Waals surface area contributed by atoms with Gasteiger partial charge in [-0.15, -0.1) is 0 Å². The first-order chi connectivity index (χ1) is 11.4. The van der Waals surface area contributed by atoms with Crippen LogP contribution in [0.5, 0.6) is 0 Å². The fourth-order valence-corrected chi connectivity index (χ4v) is 3.15. The number of thioether (sulfide) groups is 1. The first-order valence-corrected chi connectivity index (χ1v) is 8.27. The van der Waals surface area contributed by atoms with Gasteiger partial charge in [0.2, 0.25) is 5.89 Å². The van der Waals surface area contributed by atoms with Crippen molar-refractivity contribution in [2.45, 2.75) is 17.3 Å². The van der Waals surface area contributed by atoms with Crippen LogP contribution in [0.25, 0.3) is 5.52 Å². The SMILES string of the molecule is c1ccc(Cc2noc(CSc3ncc4ccccn34)n2)cc1. The van der Waals surface area contributed by atoms with Gasteiger partial charge in [0, 0.05) is 12.6 Å². The molecule has 0 fully saturated rings. The lowest BCUT2D eigenvalue weighted by atomic mass is 10.1. The second-order valence-corrected chi connectivity index (χ2v) is 6.03. The lowest BCUT2D eigenvalue weighted by Gasteiger charge is -1.98. The number of hydrogen-bond acceptors (Lipinski definition) is 5. The summed E-state index contributed by atoms with van der Waals surface area (Å²) >= 11 is 1.58. The highest BCUT2D eigenvalue weighted by Gasteiger charge is 2.10. The van der Waals surface area contributed by atoms with Gasteiger partial charge in [0.05, 0.1) is 17.5 Å². The molecule has 4 rings (SSSR count). The van der Waals surface area contributed by atoms with Gasteiger partial charge in [0.1, 0.15) is 0 Å². The summed E-state index contributed by atoms with van der Waals surface area (Å²) in [5.74, 6) is 1.93. The van der Waals surface area contributed by atoms with Crippen LogP contribution >= 0.6 is 11.8 Å². The van der Waals surface area contributed by atoms with E-state index in [0.717, 1.165) is 10.7 Å². The molecule has 6 heteroatoms. The molecule has 0 aliphatic rings. The van der Waals surface area contributed by atoms with E-state index < -0.39 is 0 Å². The van der Waals surface area contributed by atoms with Gasteiger partial charge in [0.15, 0.2) is 11.0 Å². The quantitative estimate of drug-likeness (QED) is 0.525. The summed E-state index contributed by atoms with van der Waals surface area (Å²) in [5.41, 5.74) is 2.25. The largest absolute Gasteiger partial charge is 0.338 e. The summed E-state index contributed by atoms with van der Waals surface area (Å²) < 4.78 is 7.38. The maximum atomic E-state index is 5.33. The number of benzene rings is 1. The zero-order valence-corrected chi connectivity index (χ0v) is 13.1. The number of imidazole rings is 1. The maximum Gasteiger partial charge on any atom is 0.237 e. The van der Waals surface area contributed by atoms with Crippen LogP contribution in [-0.4, -0.2) is 19.5 Å². The maximum absolute atomic E-state index is 5.33. The highest BCUT2D eigenvalue weighted by molar-refractivity contribution is 7.98. The lowest BCUT2D eigenvalue weighted by Crippen LogP contribution is -1.91. The Morgan fingerprint density at radius 1 is 1.04 bits per heavy atom. The summed E-state index contributed by atoms with van der Waals surface area (Å²) in [5, 5.41) is 4.97. The van der Waals surface area contributed by atoms with Crippen LogP contribution in [0.1, 0.15) is 17.3 Å². The zero-order valence-electron chi connectivity index (χ0n) is 12.3. The molecular weight excluding hydrogens is 308 g/mol. The monoisotopic (exact) mass is 322 g/mol. The molecule has 0 saturated heterocycles. The van der Waals surface area contributed by atoms with Crippen molar-refractivity contribution in [1.29, 1.82) is 0 Å². The minimum absolute atomic E-state index is 0.607. The van der Waals surface area contributed by atoms with Crippen molar-refractivity contribution < 1.29 is 4.52 Å². The van der Waals surface area contributed by atoms with Gasteiger partial charge in [0.25, 0.3) is 0 Å². The van der Waals surface area contributed by atoms with Gasteiger partial charge < -0.3 is 4.52 Å². The van der Waals surface area contributed by atoms with E-state index in [-0.39, 0.29) is 0 Å². The van der Waals surface area contributed by atoms with Crippen molar-refractivity contribution in [2.24, 2.45) is 0 Å². The molecule has 0 saturated carbocycles. The number of rotatable bonds is 5. The minimum Gasteiger partial charge on any atom is -0.338 e. The van der Waals surface area contributed by atoms with Gasteiger partial charge in [-0.2, -0.15) is 4.98 Å². The average Bonchev–Trinajstić information content (AvgIpc) is 3.21. The molecule has 0 radical (unpaired) electrons. The van der Waals surface area contributed by atoms with E-state index >= 15 is 0 Å². The Kier molecular flexibility index (Phi) is 3.81. The molecule has 0 atom stereocenters. The fourth-order valence-electron chi connectivity index (χ4n) is 2.35. The third-order valence-electron chi connectivity index (χ3n) is 3.44. The van der Waals surface area contributed by atoms with Crippen LogP contribution in [0.4, 0.5) is 0 Å². The van der Waals surface area contributed by atoms with E-state index in [4.69, 9.17) is 4.52 Å². The summed E-state index contributed by atoms with van der Waals surface area (Å²) in [6, 6.07) is 16.1. The van der Waals surface area contributed by atoms with E-state index in [2.05, 4.69) is 27.3 Å². The van der Waals surface area contributed by atoms with Crippen LogP contribution in [0.15, 0.2) is 70.6 Å². The highest BCUT2D eigenvalue weighted by atomic mass is 32.2. The first kappa shape index (κ1) is 14.0. The predicted molar refractivity (Wildman–Crippen MR) is 88.3 cm³/mol. The van der Waals surface area contributed by atoms with E-state index in [9.17, 15) is 0 Å². The normalized spacial score (nSPS) is 11.1. The van der Waals surface area contributed by atoms with Crippen molar-refractivity contribution in [3.05, 3.63) is 78.2 Å². The van der Waals surface area contributed by atoms with Gasteiger partial charge >= 0.3 is 0 Å². The molecule has 1 aromatic carbocycles. The lowest BCUT2D eigenvalue weighted by molar-refractivity contribution is 0.385. The van der Waals surface area contributed by atoms with E-state index in [1.165, 1.54) is 5.56 Å². The van der Waals surface area contributed by atoms with E-state index in [0.29, 0.717) is 23.9 Å². The Bertz CT molecular complexity index is 916. The smallest absolute Gasteiger partial charge is 0.237 e. The van der Waals surface area contributed by atoms with Gasteiger partial charge in [-0.05, 0) is 17.7 Å². The molecular formula is C17H14N4OS. The molecule has 0 amide bonds. The topological polar surface area (TPSA) is 56.2 Å². The summed E-state index contributed by atoms with van der Waals surface area (Å²) in [6.45, 7) is 0. The minimum atomic E-state index is 0.607. The zero-order chi connectivity index (χ0) is 15.5. The molecule has 3 heterocycles. The second kappa shape index (κ2) is 6.26. The van der Waals surface area contributed by atoms with E-state index in [1.54, 1.807) is 11.8 Å². The van der Waals surface area contributed by atoms with E-state index in [1.807, 2.05) is 53.2 Å². The molecule has 0 bridgehead atoms. The summed E-state index contributed by atoms with van der Waals surface area (Å²) in [6.07, 6.45) is 4.54. The van der Waals surface area contributed by atoms with Crippen molar-refractivity contribution >= 4 is 17.3 Å². The predicted octanol–water partition coefficient (Wildman–Crippen LogP) is 3.60. The molecule has 3 aromatic heterocycles. The Morgan fingerprint density at radius 3 is 2.83 bits per heavy atom. The summed E-state index contributed by atoms with van der Waals surface area (Å²) in [7, 11) is 0. The van der Waals surface area contributed by atoms with Crippen LogP contribution in [0.2, 0.25) is 0 Å². The molecule has 4 aromatic rings. The third kappa shape index (κ3) is 3.12. The number of nitrogens with zero attached hydrogens (tertiary/aromatic N) is 4. The Labute approximate surface area is 137 Å². The van der Waals surface area contributed by atoms with Gasteiger partial charge in [-0.1, -0.05) is 53.3 Å². The average molecular weight is 322 g/mol. The number of aromatic nitrogens is 4.